The van der Waals surface area contributed by atoms with E-state index in [9.17, 15) is 9.59 Å². The van der Waals surface area contributed by atoms with Crippen LogP contribution in [0.25, 0.3) is 0 Å². The lowest BCUT2D eigenvalue weighted by atomic mass is 9.97. The van der Waals surface area contributed by atoms with E-state index in [-0.39, 0.29) is 28.8 Å². The number of hydrogen-bond acceptors (Lipinski definition) is 6. The van der Waals surface area contributed by atoms with Crippen LogP contribution >= 0.6 is 0 Å². The van der Waals surface area contributed by atoms with Gasteiger partial charge in [0.05, 0.1) is 21.3 Å². The standard InChI is InChI=1S/C19H21NO6/c1-23-13-4-5-16(24-2)14(8-13)12-6-7-20(10-12)19(22)17-9-15(21)18(25-3)11-26-17/h4-5,8-9,11-12H,6-7,10H2,1-3H3. The molecule has 1 aromatic heterocycles. The molecule has 138 valence electrons. The zero-order valence-electron chi connectivity index (χ0n) is 15.0. The Morgan fingerprint density at radius 3 is 2.54 bits per heavy atom. The molecule has 0 N–H and O–H groups in total. The lowest BCUT2D eigenvalue weighted by molar-refractivity contribution is 0.0755. The average molecular weight is 359 g/mol. The molecule has 7 nitrogen and oxygen atoms in total. The minimum Gasteiger partial charge on any atom is -0.497 e. The molecule has 1 amide bonds. The van der Waals surface area contributed by atoms with Crippen LogP contribution in [-0.4, -0.2) is 45.2 Å². The first-order valence-electron chi connectivity index (χ1n) is 8.25. The maximum absolute atomic E-state index is 12.6. The van der Waals surface area contributed by atoms with Gasteiger partial charge in [0.15, 0.2) is 5.76 Å². The van der Waals surface area contributed by atoms with E-state index in [4.69, 9.17) is 18.6 Å². The van der Waals surface area contributed by atoms with Crippen LogP contribution in [0.3, 0.4) is 0 Å². The molecule has 1 unspecified atom stereocenters. The fourth-order valence-corrected chi connectivity index (χ4v) is 3.17. The summed E-state index contributed by atoms with van der Waals surface area (Å²) in [6.07, 6.45) is 1.95. The van der Waals surface area contributed by atoms with Crippen molar-refractivity contribution < 1.29 is 23.4 Å². The molecule has 1 fully saturated rings. The number of benzene rings is 1. The second-order valence-corrected chi connectivity index (χ2v) is 6.02. The second-order valence-electron chi connectivity index (χ2n) is 6.02. The van der Waals surface area contributed by atoms with Crippen molar-refractivity contribution >= 4 is 5.91 Å². The first kappa shape index (κ1) is 17.8. The molecule has 2 aromatic rings. The third-order valence-corrected chi connectivity index (χ3v) is 4.58. The van der Waals surface area contributed by atoms with Gasteiger partial charge in [-0.25, -0.2) is 0 Å². The van der Waals surface area contributed by atoms with Crippen molar-refractivity contribution in [3.8, 4) is 17.2 Å². The van der Waals surface area contributed by atoms with Crippen molar-refractivity contribution in [3.63, 3.8) is 0 Å². The van der Waals surface area contributed by atoms with Gasteiger partial charge < -0.3 is 23.5 Å². The highest BCUT2D eigenvalue weighted by molar-refractivity contribution is 5.91. The minimum atomic E-state index is -0.382. The van der Waals surface area contributed by atoms with Crippen molar-refractivity contribution in [1.29, 1.82) is 0 Å². The Kier molecular flexibility index (Phi) is 5.16. The molecule has 26 heavy (non-hydrogen) atoms. The van der Waals surface area contributed by atoms with Crippen LogP contribution in [0.4, 0.5) is 0 Å². The zero-order valence-corrected chi connectivity index (χ0v) is 15.0. The van der Waals surface area contributed by atoms with Crippen LogP contribution in [0.15, 0.2) is 39.7 Å². The zero-order chi connectivity index (χ0) is 18.7. The maximum atomic E-state index is 12.6. The summed E-state index contributed by atoms with van der Waals surface area (Å²) >= 11 is 0. The normalized spacial score (nSPS) is 16.4. The van der Waals surface area contributed by atoms with Gasteiger partial charge in [0.2, 0.25) is 11.2 Å². The highest BCUT2D eigenvalue weighted by Gasteiger charge is 2.31. The van der Waals surface area contributed by atoms with Gasteiger partial charge in [-0.1, -0.05) is 0 Å². The van der Waals surface area contributed by atoms with Gasteiger partial charge in [-0.3, -0.25) is 9.59 Å². The van der Waals surface area contributed by atoms with E-state index in [1.807, 2.05) is 18.2 Å². The lowest BCUT2D eigenvalue weighted by Gasteiger charge is -2.18. The maximum Gasteiger partial charge on any atom is 0.289 e. The average Bonchev–Trinajstić information content (AvgIpc) is 3.16. The number of carbonyl (C=O) groups excluding carboxylic acids is 1. The van der Waals surface area contributed by atoms with Crippen LogP contribution in [0.1, 0.15) is 28.5 Å². The Labute approximate surface area is 151 Å². The van der Waals surface area contributed by atoms with Gasteiger partial charge in [-0.15, -0.1) is 0 Å². The second kappa shape index (κ2) is 7.51. The minimum absolute atomic E-state index is 0.00839. The Morgan fingerprint density at radius 1 is 1.12 bits per heavy atom. The smallest absolute Gasteiger partial charge is 0.289 e. The van der Waals surface area contributed by atoms with Gasteiger partial charge in [0, 0.05) is 30.6 Å². The third-order valence-electron chi connectivity index (χ3n) is 4.58. The van der Waals surface area contributed by atoms with Gasteiger partial charge in [0.25, 0.3) is 5.91 Å². The summed E-state index contributed by atoms with van der Waals surface area (Å²) in [6.45, 7) is 1.08. The largest absolute Gasteiger partial charge is 0.497 e. The first-order chi connectivity index (χ1) is 12.6. The van der Waals surface area contributed by atoms with Crippen molar-refractivity contribution in [2.75, 3.05) is 34.4 Å². The lowest BCUT2D eigenvalue weighted by Crippen LogP contribution is -2.29. The highest BCUT2D eigenvalue weighted by atomic mass is 16.5. The topological polar surface area (TPSA) is 78.2 Å². The van der Waals surface area contributed by atoms with Crippen molar-refractivity contribution in [3.05, 3.63) is 52.1 Å². The Bertz CT molecular complexity index is 859. The van der Waals surface area contributed by atoms with Gasteiger partial charge in [-0.2, -0.15) is 0 Å². The van der Waals surface area contributed by atoms with Gasteiger partial charge >= 0.3 is 0 Å². The number of rotatable bonds is 5. The Balaban J connectivity index is 1.79. The molecular weight excluding hydrogens is 338 g/mol. The molecule has 7 heteroatoms. The summed E-state index contributed by atoms with van der Waals surface area (Å²) in [5, 5.41) is 0. The van der Waals surface area contributed by atoms with E-state index in [1.54, 1.807) is 19.1 Å². The number of carbonyl (C=O) groups is 1. The molecule has 3 rings (SSSR count). The van der Waals surface area contributed by atoms with Crippen LogP contribution in [0, 0.1) is 0 Å². The van der Waals surface area contributed by atoms with Crippen LogP contribution in [0.2, 0.25) is 0 Å². The number of amides is 1. The van der Waals surface area contributed by atoms with E-state index in [1.165, 1.54) is 13.2 Å². The van der Waals surface area contributed by atoms with Crippen LogP contribution in [-0.2, 0) is 0 Å². The molecule has 1 aromatic carbocycles. The van der Waals surface area contributed by atoms with Gasteiger partial charge in [-0.05, 0) is 24.6 Å². The summed E-state index contributed by atoms with van der Waals surface area (Å²) in [6, 6.07) is 6.80. The van der Waals surface area contributed by atoms with Crippen molar-refractivity contribution in [2.45, 2.75) is 12.3 Å². The monoisotopic (exact) mass is 359 g/mol. The molecule has 1 aliphatic heterocycles. The van der Waals surface area contributed by atoms with Gasteiger partial charge in [0.1, 0.15) is 17.8 Å². The van der Waals surface area contributed by atoms with E-state index >= 15 is 0 Å². The quantitative estimate of drug-likeness (QED) is 0.815. The van der Waals surface area contributed by atoms with E-state index in [0.29, 0.717) is 13.1 Å². The SMILES string of the molecule is COc1ccc(OC)c(C2CCN(C(=O)c3cc(=O)c(OC)co3)C2)c1. The first-order valence-corrected chi connectivity index (χ1v) is 8.25. The third kappa shape index (κ3) is 3.37. The molecule has 1 atom stereocenters. The fraction of sp³-hybridized carbons (Fsp3) is 0.368. The number of hydrogen-bond donors (Lipinski definition) is 0. The summed E-state index contributed by atoms with van der Waals surface area (Å²) < 4.78 is 20.9. The molecule has 0 bridgehead atoms. The number of methoxy groups -OCH3 is 3. The molecule has 0 spiro atoms. The van der Waals surface area contributed by atoms with Crippen molar-refractivity contribution in [1.82, 2.24) is 4.90 Å². The molecule has 0 radical (unpaired) electrons. The number of ether oxygens (including phenoxy) is 3. The fourth-order valence-electron chi connectivity index (χ4n) is 3.17. The molecule has 1 saturated heterocycles. The predicted octanol–water partition coefficient (Wildman–Crippen LogP) is 2.30. The molecule has 2 heterocycles. The van der Waals surface area contributed by atoms with E-state index in [0.717, 1.165) is 29.7 Å². The summed E-state index contributed by atoms with van der Waals surface area (Å²) in [4.78, 5) is 26.2. The molecule has 0 aliphatic carbocycles. The number of nitrogens with zero attached hydrogens (tertiary/aromatic N) is 1. The summed E-state index contributed by atoms with van der Waals surface area (Å²) in [7, 11) is 4.61. The van der Waals surface area contributed by atoms with Crippen molar-refractivity contribution in [2.24, 2.45) is 0 Å². The van der Waals surface area contributed by atoms with E-state index < -0.39 is 0 Å². The Morgan fingerprint density at radius 2 is 1.88 bits per heavy atom. The molecular formula is C19H21NO6. The molecule has 1 aliphatic rings. The van der Waals surface area contributed by atoms with Crippen LogP contribution < -0.4 is 19.6 Å². The molecule has 0 saturated carbocycles. The predicted molar refractivity (Wildman–Crippen MR) is 94.3 cm³/mol. The summed E-state index contributed by atoms with van der Waals surface area (Å²) in [5.74, 6) is 1.40. The summed E-state index contributed by atoms with van der Waals surface area (Å²) in [5.41, 5.74) is 0.616. The number of likely N-dealkylation sites (tertiary alicyclic amines) is 1. The highest BCUT2D eigenvalue weighted by Crippen LogP contribution is 2.36. The van der Waals surface area contributed by atoms with Crippen LogP contribution in [0.5, 0.6) is 17.2 Å². The van der Waals surface area contributed by atoms with E-state index in [2.05, 4.69) is 0 Å². The Hall–Kier alpha value is -2.96.